The van der Waals surface area contributed by atoms with E-state index in [4.69, 9.17) is 10.5 Å². The summed E-state index contributed by atoms with van der Waals surface area (Å²) < 4.78 is 5.86. The Labute approximate surface area is 127 Å². The predicted molar refractivity (Wildman–Crippen MR) is 85.0 cm³/mol. The molecule has 3 atom stereocenters. The van der Waals surface area contributed by atoms with Gasteiger partial charge >= 0.3 is 0 Å². The van der Waals surface area contributed by atoms with E-state index in [1.165, 1.54) is 5.56 Å². The molecule has 4 heteroatoms. The Bertz CT molecular complexity index is 436. The second-order valence-corrected chi connectivity index (χ2v) is 6.79. The van der Waals surface area contributed by atoms with Crippen molar-refractivity contribution < 1.29 is 9.84 Å². The summed E-state index contributed by atoms with van der Waals surface area (Å²) in [6.07, 6.45) is -0.103. The highest BCUT2D eigenvalue weighted by molar-refractivity contribution is 5.19. The van der Waals surface area contributed by atoms with Crippen LogP contribution in [0.25, 0.3) is 0 Å². The molecule has 0 saturated carbocycles. The first kappa shape index (κ1) is 16.4. The molecule has 0 aromatic heterocycles. The molecule has 1 aliphatic heterocycles. The number of morpholine rings is 1. The maximum atomic E-state index is 9.39. The number of ether oxygens (including phenoxy) is 1. The summed E-state index contributed by atoms with van der Waals surface area (Å²) in [7, 11) is 0. The molecule has 1 aromatic carbocycles. The van der Waals surface area contributed by atoms with Gasteiger partial charge in [-0.05, 0) is 25.3 Å². The van der Waals surface area contributed by atoms with Crippen LogP contribution in [0.4, 0.5) is 0 Å². The monoisotopic (exact) mass is 292 g/mol. The molecule has 3 unspecified atom stereocenters. The van der Waals surface area contributed by atoms with Crippen molar-refractivity contribution in [1.82, 2.24) is 4.90 Å². The van der Waals surface area contributed by atoms with E-state index < -0.39 is 0 Å². The van der Waals surface area contributed by atoms with Gasteiger partial charge < -0.3 is 15.6 Å². The van der Waals surface area contributed by atoms with Crippen LogP contribution in [0.3, 0.4) is 0 Å². The molecule has 1 heterocycles. The zero-order valence-corrected chi connectivity index (χ0v) is 13.3. The molecule has 21 heavy (non-hydrogen) atoms. The maximum Gasteiger partial charge on any atom is 0.0940 e. The van der Waals surface area contributed by atoms with Crippen molar-refractivity contribution in [3.63, 3.8) is 0 Å². The summed E-state index contributed by atoms with van der Waals surface area (Å²) in [6, 6.07) is 10.3. The van der Waals surface area contributed by atoms with Gasteiger partial charge in [-0.1, -0.05) is 37.3 Å². The fourth-order valence-corrected chi connectivity index (χ4v) is 3.18. The van der Waals surface area contributed by atoms with Crippen molar-refractivity contribution in [1.29, 1.82) is 0 Å². The molecule has 4 nitrogen and oxygen atoms in total. The third kappa shape index (κ3) is 4.51. The molecule has 1 fully saturated rings. The minimum atomic E-state index is -0.220. The summed E-state index contributed by atoms with van der Waals surface area (Å²) in [4.78, 5) is 2.36. The standard InChI is InChI=1S/C17H28N2O2/c1-13(16(18)14-7-5-4-6-8-14)9-19-10-15(11-20)21-17(2,3)12-19/h4-8,13,15-16,20H,9-12,18H2,1-3H3. The summed E-state index contributed by atoms with van der Waals surface area (Å²) in [5, 5.41) is 9.39. The summed E-state index contributed by atoms with van der Waals surface area (Å²) >= 11 is 0. The lowest BCUT2D eigenvalue weighted by atomic mass is 9.94. The lowest BCUT2D eigenvalue weighted by molar-refractivity contribution is -0.150. The SMILES string of the molecule is CC(CN1CC(CO)OC(C)(C)C1)C(N)c1ccccc1. The minimum Gasteiger partial charge on any atom is -0.394 e. The summed E-state index contributed by atoms with van der Waals surface area (Å²) in [5.74, 6) is 0.348. The second kappa shape index (κ2) is 6.88. The van der Waals surface area contributed by atoms with Gasteiger partial charge in [0.25, 0.3) is 0 Å². The number of rotatable bonds is 5. The molecule has 0 spiro atoms. The van der Waals surface area contributed by atoms with Crippen LogP contribution in [0.15, 0.2) is 30.3 Å². The molecule has 118 valence electrons. The Morgan fingerprint density at radius 1 is 1.38 bits per heavy atom. The molecule has 0 bridgehead atoms. The number of hydrogen-bond acceptors (Lipinski definition) is 4. The van der Waals surface area contributed by atoms with Crippen LogP contribution in [-0.4, -0.2) is 48.0 Å². The first-order chi connectivity index (χ1) is 9.91. The molecule has 1 aromatic rings. The van der Waals surface area contributed by atoms with E-state index in [0.717, 1.165) is 19.6 Å². The molecule has 0 radical (unpaired) electrons. The molecule has 2 rings (SSSR count). The van der Waals surface area contributed by atoms with E-state index in [-0.39, 0.29) is 24.4 Å². The first-order valence-electron chi connectivity index (χ1n) is 7.73. The van der Waals surface area contributed by atoms with Crippen molar-refractivity contribution in [2.24, 2.45) is 11.7 Å². The Kier molecular flexibility index (Phi) is 5.38. The van der Waals surface area contributed by atoms with E-state index in [9.17, 15) is 5.11 Å². The number of nitrogens with two attached hydrogens (primary N) is 1. The number of aliphatic hydroxyl groups is 1. The smallest absolute Gasteiger partial charge is 0.0940 e. The van der Waals surface area contributed by atoms with Crippen molar-refractivity contribution in [3.8, 4) is 0 Å². The Hall–Kier alpha value is -0.940. The highest BCUT2D eigenvalue weighted by Gasteiger charge is 2.34. The zero-order chi connectivity index (χ0) is 15.5. The van der Waals surface area contributed by atoms with E-state index in [1.807, 2.05) is 18.2 Å². The Morgan fingerprint density at radius 2 is 2.05 bits per heavy atom. The van der Waals surface area contributed by atoms with Crippen LogP contribution >= 0.6 is 0 Å². The highest BCUT2D eigenvalue weighted by atomic mass is 16.5. The van der Waals surface area contributed by atoms with E-state index >= 15 is 0 Å². The van der Waals surface area contributed by atoms with Gasteiger partial charge in [0.2, 0.25) is 0 Å². The average molecular weight is 292 g/mol. The maximum absolute atomic E-state index is 9.39. The molecule has 1 saturated heterocycles. The van der Waals surface area contributed by atoms with Crippen molar-refractivity contribution in [3.05, 3.63) is 35.9 Å². The molecule has 1 aliphatic rings. The fraction of sp³-hybridized carbons (Fsp3) is 0.647. The van der Waals surface area contributed by atoms with Gasteiger partial charge in [0.1, 0.15) is 0 Å². The Balaban J connectivity index is 1.97. The fourth-order valence-electron chi connectivity index (χ4n) is 3.18. The topological polar surface area (TPSA) is 58.7 Å². The van der Waals surface area contributed by atoms with Gasteiger partial charge in [-0.2, -0.15) is 0 Å². The van der Waals surface area contributed by atoms with Crippen LogP contribution in [0.2, 0.25) is 0 Å². The van der Waals surface area contributed by atoms with Crippen LogP contribution in [0.1, 0.15) is 32.4 Å². The summed E-state index contributed by atoms with van der Waals surface area (Å²) in [5.41, 5.74) is 7.34. The quantitative estimate of drug-likeness (QED) is 0.869. The van der Waals surface area contributed by atoms with Crippen LogP contribution in [0, 0.1) is 5.92 Å². The van der Waals surface area contributed by atoms with Gasteiger partial charge in [0.15, 0.2) is 0 Å². The minimum absolute atomic E-state index is 0.0322. The largest absolute Gasteiger partial charge is 0.394 e. The lowest BCUT2D eigenvalue weighted by Crippen LogP contribution is -2.55. The van der Waals surface area contributed by atoms with Crippen LogP contribution in [0.5, 0.6) is 0 Å². The van der Waals surface area contributed by atoms with Gasteiger partial charge in [-0.15, -0.1) is 0 Å². The highest BCUT2D eigenvalue weighted by Crippen LogP contribution is 2.25. The number of nitrogens with zero attached hydrogens (tertiary/aromatic N) is 1. The number of hydrogen-bond donors (Lipinski definition) is 2. The van der Waals surface area contributed by atoms with E-state index in [2.05, 4.69) is 37.8 Å². The normalized spacial score (nSPS) is 25.5. The molecule has 0 aliphatic carbocycles. The molecular weight excluding hydrogens is 264 g/mol. The number of aliphatic hydroxyl groups excluding tert-OH is 1. The van der Waals surface area contributed by atoms with Crippen molar-refractivity contribution >= 4 is 0 Å². The van der Waals surface area contributed by atoms with Gasteiger partial charge in [-0.3, -0.25) is 4.90 Å². The second-order valence-electron chi connectivity index (χ2n) is 6.79. The Morgan fingerprint density at radius 3 is 2.67 bits per heavy atom. The first-order valence-corrected chi connectivity index (χ1v) is 7.73. The molecule has 3 N–H and O–H groups in total. The molecule has 0 amide bonds. The predicted octanol–water partition coefficient (Wildman–Crippen LogP) is 1.79. The zero-order valence-electron chi connectivity index (χ0n) is 13.3. The lowest BCUT2D eigenvalue weighted by Gasteiger charge is -2.43. The van der Waals surface area contributed by atoms with Crippen LogP contribution in [-0.2, 0) is 4.74 Å². The average Bonchev–Trinajstić information content (AvgIpc) is 2.45. The van der Waals surface area contributed by atoms with E-state index in [1.54, 1.807) is 0 Å². The summed E-state index contributed by atoms with van der Waals surface area (Å²) in [6.45, 7) is 8.96. The van der Waals surface area contributed by atoms with E-state index in [0.29, 0.717) is 5.92 Å². The third-order valence-electron chi connectivity index (χ3n) is 4.10. The van der Waals surface area contributed by atoms with Crippen molar-refractivity contribution in [2.75, 3.05) is 26.2 Å². The van der Waals surface area contributed by atoms with Gasteiger partial charge in [0, 0.05) is 25.7 Å². The molecular formula is C17H28N2O2. The van der Waals surface area contributed by atoms with Crippen LogP contribution < -0.4 is 5.73 Å². The van der Waals surface area contributed by atoms with Gasteiger partial charge in [-0.25, -0.2) is 0 Å². The third-order valence-corrected chi connectivity index (χ3v) is 4.10. The number of benzene rings is 1. The van der Waals surface area contributed by atoms with Crippen molar-refractivity contribution in [2.45, 2.75) is 38.5 Å². The van der Waals surface area contributed by atoms with Gasteiger partial charge in [0.05, 0.1) is 18.3 Å².